The molecule has 142 valence electrons. The molecule has 2 aliphatic rings. The number of hydrogen-bond acceptors (Lipinski definition) is 4. The zero-order valence-corrected chi connectivity index (χ0v) is 16.3. The van der Waals surface area contributed by atoms with Crippen LogP contribution < -0.4 is 9.80 Å². The molecule has 0 radical (unpaired) electrons. The second-order valence-electron chi connectivity index (χ2n) is 7.77. The quantitative estimate of drug-likeness (QED) is 0.811. The van der Waals surface area contributed by atoms with E-state index in [2.05, 4.69) is 36.7 Å². The molecule has 3 heterocycles. The third-order valence-electron chi connectivity index (χ3n) is 5.53. The maximum absolute atomic E-state index is 13.1. The Balaban J connectivity index is 1.54. The van der Waals surface area contributed by atoms with Crippen LogP contribution >= 0.6 is 0 Å². The second-order valence-corrected chi connectivity index (χ2v) is 7.77. The molecule has 0 spiro atoms. The summed E-state index contributed by atoms with van der Waals surface area (Å²) in [5, 5.41) is 0. The van der Waals surface area contributed by atoms with Crippen molar-refractivity contribution >= 4 is 17.4 Å². The first-order chi connectivity index (χ1) is 13.0. The summed E-state index contributed by atoms with van der Waals surface area (Å²) < 4.78 is 5.79. The smallest absolute Gasteiger partial charge is 0.259 e. The molecule has 0 unspecified atom stereocenters. The van der Waals surface area contributed by atoms with Crippen LogP contribution in [0.25, 0.3) is 0 Å². The lowest BCUT2D eigenvalue weighted by Crippen LogP contribution is -2.45. The summed E-state index contributed by atoms with van der Waals surface area (Å²) in [6.07, 6.45) is 3.06. The van der Waals surface area contributed by atoms with E-state index in [4.69, 9.17) is 4.74 Å². The Labute approximate surface area is 161 Å². The van der Waals surface area contributed by atoms with Gasteiger partial charge in [-0.3, -0.25) is 4.79 Å². The highest BCUT2D eigenvalue weighted by Gasteiger charge is 2.28. The molecular weight excluding hydrogens is 338 g/mol. The van der Waals surface area contributed by atoms with Crippen molar-refractivity contribution in [2.45, 2.75) is 45.3 Å². The number of morpholine rings is 1. The van der Waals surface area contributed by atoms with Gasteiger partial charge < -0.3 is 14.5 Å². The van der Waals surface area contributed by atoms with Gasteiger partial charge in [0.1, 0.15) is 5.82 Å². The van der Waals surface area contributed by atoms with Crippen molar-refractivity contribution in [3.05, 3.63) is 53.7 Å². The Kier molecular flexibility index (Phi) is 4.87. The SMILES string of the molecule is C[C@@H]1CN(c2ccc(C(=O)N3CC[C@H](C)c4ccccc43)cn2)C[C@H](C)O1. The zero-order valence-electron chi connectivity index (χ0n) is 16.3. The van der Waals surface area contributed by atoms with E-state index in [1.54, 1.807) is 6.20 Å². The van der Waals surface area contributed by atoms with Crippen molar-refractivity contribution in [2.24, 2.45) is 0 Å². The third-order valence-corrected chi connectivity index (χ3v) is 5.53. The van der Waals surface area contributed by atoms with Gasteiger partial charge in [-0.2, -0.15) is 0 Å². The van der Waals surface area contributed by atoms with Crippen LogP contribution in [0.2, 0.25) is 0 Å². The fourth-order valence-corrected chi connectivity index (χ4v) is 4.18. The summed E-state index contributed by atoms with van der Waals surface area (Å²) >= 11 is 0. The molecule has 0 aliphatic carbocycles. The van der Waals surface area contributed by atoms with Gasteiger partial charge in [0.15, 0.2) is 0 Å². The van der Waals surface area contributed by atoms with Crippen molar-refractivity contribution in [2.75, 3.05) is 29.4 Å². The molecular formula is C22H27N3O2. The topological polar surface area (TPSA) is 45.7 Å². The number of carbonyl (C=O) groups is 1. The second kappa shape index (κ2) is 7.31. The fourth-order valence-electron chi connectivity index (χ4n) is 4.18. The molecule has 5 heteroatoms. The molecule has 1 aromatic heterocycles. The number of fused-ring (bicyclic) bond motifs is 1. The van der Waals surface area contributed by atoms with Crippen LogP contribution in [0, 0.1) is 0 Å². The third kappa shape index (κ3) is 3.56. The average Bonchev–Trinajstić information content (AvgIpc) is 2.67. The number of carbonyl (C=O) groups excluding carboxylic acids is 1. The highest BCUT2D eigenvalue weighted by atomic mass is 16.5. The highest BCUT2D eigenvalue weighted by molar-refractivity contribution is 6.06. The number of ether oxygens (including phenoxy) is 1. The molecule has 2 aliphatic heterocycles. The Morgan fingerprint density at radius 3 is 2.52 bits per heavy atom. The lowest BCUT2D eigenvalue weighted by Gasteiger charge is -2.36. The Hall–Kier alpha value is -2.40. The van der Waals surface area contributed by atoms with E-state index < -0.39 is 0 Å². The minimum absolute atomic E-state index is 0.0251. The van der Waals surface area contributed by atoms with Gasteiger partial charge >= 0.3 is 0 Å². The molecule has 0 bridgehead atoms. The highest BCUT2D eigenvalue weighted by Crippen LogP contribution is 2.35. The van der Waals surface area contributed by atoms with Gasteiger partial charge in [-0.25, -0.2) is 4.98 Å². The Morgan fingerprint density at radius 1 is 1.07 bits per heavy atom. The number of anilines is 2. The van der Waals surface area contributed by atoms with Gasteiger partial charge in [0.2, 0.25) is 0 Å². The van der Waals surface area contributed by atoms with Gasteiger partial charge in [0.25, 0.3) is 5.91 Å². The standard InChI is InChI=1S/C22H27N3O2/c1-15-10-11-25(20-7-5-4-6-19(15)20)22(26)18-8-9-21(23-12-18)24-13-16(2)27-17(3)14-24/h4-9,12,15-17H,10-11,13-14H2,1-3H3/t15-,16-,17+/m0/s1. The van der Waals surface area contributed by atoms with Gasteiger partial charge in [-0.1, -0.05) is 25.1 Å². The molecule has 0 saturated carbocycles. The normalized spacial score (nSPS) is 25.2. The van der Waals surface area contributed by atoms with Crippen molar-refractivity contribution in [3.63, 3.8) is 0 Å². The van der Waals surface area contributed by atoms with Crippen molar-refractivity contribution < 1.29 is 9.53 Å². The summed E-state index contributed by atoms with van der Waals surface area (Å²) in [6, 6.07) is 12.1. The van der Waals surface area contributed by atoms with Crippen LogP contribution in [0.4, 0.5) is 11.5 Å². The lowest BCUT2D eigenvalue weighted by atomic mass is 9.91. The molecule has 1 saturated heterocycles. The molecule has 3 atom stereocenters. The number of aromatic nitrogens is 1. The molecule has 1 amide bonds. The van der Waals surface area contributed by atoms with Crippen molar-refractivity contribution in [1.82, 2.24) is 4.98 Å². The predicted molar refractivity (Wildman–Crippen MR) is 108 cm³/mol. The van der Waals surface area contributed by atoms with Gasteiger partial charge in [-0.05, 0) is 49.9 Å². The van der Waals surface area contributed by atoms with Gasteiger partial charge in [0, 0.05) is 31.5 Å². The van der Waals surface area contributed by atoms with E-state index >= 15 is 0 Å². The predicted octanol–water partition coefficient (Wildman–Crippen LogP) is 3.85. The van der Waals surface area contributed by atoms with E-state index in [9.17, 15) is 4.79 Å². The van der Waals surface area contributed by atoms with E-state index in [0.29, 0.717) is 11.5 Å². The maximum atomic E-state index is 13.1. The summed E-state index contributed by atoms with van der Waals surface area (Å²) in [5.74, 6) is 1.41. The summed E-state index contributed by atoms with van der Waals surface area (Å²) in [4.78, 5) is 21.8. The first-order valence-electron chi connectivity index (χ1n) is 9.80. The van der Waals surface area contributed by atoms with Crippen LogP contribution in [0.1, 0.15) is 49.0 Å². The number of hydrogen-bond donors (Lipinski definition) is 0. The van der Waals surface area contributed by atoms with E-state index in [0.717, 1.165) is 37.6 Å². The van der Waals surface area contributed by atoms with E-state index in [-0.39, 0.29) is 18.1 Å². The van der Waals surface area contributed by atoms with Crippen LogP contribution in [0.15, 0.2) is 42.6 Å². The van der Waals surface area contributed by atoms with Gasteiger partial charge in [0.05, 0.1) is 17.8 Å². The molecule has 2 aromatic rings. The van der Waals surface area contributed by atoms with Crippen LogP contribution in [-0.2, 0) is 4.74 Å². The molecule has 1 aromatic carbocycles. The van der Waals surface area contributed by atoms with Crippen LogP contribution in [-0.4, -0.2) is 42.7 Å². The van der Waals surface area contributed by atoms with E-state index in [1.165, 1.54) is 5.56 Å². The molecule has 4 rings (SSSR count). The first-order valence-corrected chi connectivity index (χ1v) is 9.80. The minimum Gasteiger partial charge on any atom is -0.372 e. The molecule has 27 heavy (non-hydrogen) atoms. The van der Waals surface area contributed by atoms with Crippen LogP contribution in [0.3, 0.4) is 0 Å². The number of amides is 1. The maximum Gasteiger partial charge on any atom is 0.259 e. The number of benzene rings is 1. The van der Waals surface area contributed by atoms with Gasteiger partial charge in [-0.15, -0.1) is 0 Å². The number of rotatable bonds is 2. The first kappa shape index (κ1) is 18.0. The lowest BCUT2D eigenvalue weighted by molar-refractivity contribution is -0.00546. The summed E-state index contributed by atoms with van der Waals surface area (Å²) in [6.45, 7) is 8.77. The number of nitrogens with zero attached hydrogens (tertiary/aromatic N) is 3. The molecule has 0 N–H and O–H groups in total. The zero-order chi connectivity index (χ0) is 19.0. The monoisotopic (exact) mass is 365 g/mol. The van der Waals surface area contributed by atoms with Crippen molar-refractivity contribution in [1.29, 1.82) is 0 Å². The minimum atomic E-state index is 0.0251. The Bertz CT molecular complexity index is 811. The number of pyridine rings is 1. The van der Waals surface area contributed by atoms with Crippen LogP contribution in [0.5, 0.6) is 0 Å². The molecule has 1 fully saturated rings. The summed E-state index contributed by atoms with van der Waals surface area (Å²) in [7, 11) is 0. The van der Waals surface area contributed by atoms with E-state index in [1.807, 2.05) is 35.2 Å². The van der Waals surface area contributed by atoms with Crippen molar-refractivity contribution in [3.8, 4) is 0 Å². The number of para-hydroxylation sites is 1. The molecule has 5 nitrogen and oxygen atoms in total. The average molecular weight is 365 g/mol. The largest absolute Gasteiger partial charge is 0.372 e. The fraction of sp³-hybridized carbons (Fsp3) is 0.455. The Morgan fingerprint density at radius 2 is 1.81 bits per heavy atom. The summed E-state index contributed by atoms with van der Waals surface area (Å²) in [5.41, 5.74) is 2.91.